The lowest BCUT2D eigenvalue weighted by atomic mass is 10.3. The second kappa shape index (κ2) is 4.57. The number of hydrogen-bond donors (Lipinski definition) is 2. The van der Waals surface area contributed by atoms with Crippen molar-refractivity contribution in [2.24, 2.45) is 0 Å². The fourth-order valence-electron chi connectivity index (χ4n) is 2.19. The molecule has 1 heterocycles. The van der Waals surface area contributed by atoms with Crippen LogP contribution < -0.4 is 10.9 Å². The van der Waals surface area contributed by atoms with Gasteiger partial charge in [-0.15, -0.1) is 0 Å². The van der Waals surface area contributed by atoms with Gasteiger partial charge >= 0.3 is 0 Å². The molecule has 0 unspecified atom stereocenters. The molecule has 3 rings (SSSR count). The Labute approximate surface area is 113 Å². The zero-order valence-electron chi connectivity index (χ0n) is 9.66. The van der Waals surface area contributed by atoms with E-state index in [2.05, 4.69) is 31.2 Å². The van der Waals surface area contributed by atoms with Gasteiger partial charge in [-0.3, -0.25) is 9.78 Å². The number of nitrogens with zero attached hydrogens (tertiary/aromatic N) is 1. The number of anilines is 2. The third-order valence-electron chi connectivity index (χ3n) is 3.07. The predicted molar refractivity (Wildman–Crippen MR) is 74.3 cm³/mol. The molecule has 2 aromatic rings. The standard InChI is InChI=1S/C13H12BrN3O/c14-9-5-1-2-6-11(9)16-13-15-10-7-3-4-8(10)12(18)17-13/h1-2,5-6H,3-4,7H2,(H2,15,16,17,18). The molecular weight excluding hydrogens is 294 g/mol. The Bertz CT molecular complexity index is 651. The van der Waals surface area contributed by atoms with E-state index in [-0.39, 0.29) is 5.56 Å². The highest BCUT2D eigenvalue weighted by atomic mass is 79.9. The number of aryl methyl sites for hydroxylation is 1. The molecule has 0 saturated carbocycles. The topological polar surface area (TPSA) is 57.8 Å². The number of fused-ring (bicyclic) bond motifs is 1. The average molecular weight is 306 g/mol. The van der Waals surface area contributed by atoms with Crippen molar-refractivity contribution in [1.82, 2.24) is 9.97 Å². The van der Waals surface area contributed by atoms with Crippen molar-refractivity contribution in [3.8, 4) is 0 Å². The first-order valence-corrected chi connectivity index (χ1v) is 6.67. The number of rotatable bonds is 2. The van der Waals surface area contributed by atoms with E-state index in [1.807, 2.05) is 24.3 Å². The molecule has 1 aromatic carbocycles. The van der Waals surface area contributed by atoms with E-state index in [1.165, 1.54) is 0 Å². The van der Waals surface area contributed by atoms with Crippen LogP contribution >= 0.6 is 15.9 Å². The summed E-state index contributed by atoms with van der Waals surface area (Å²) in [5, 5.41) is 3.13. The second-order valence-corrected chi connectivity index (χ2v) is 5.15. The number of benzene rings is 1. The summed E-state index contributed by atoms with van der Waals surface area (Å²) in [5.74, 6) is 0.507. The van der Waals surface area contributed by atoms with E-state index in [0.717, 1.165) is 40.7 Å². The third-order valence-corrected chi connectivity index (χ3v) is 3.76. The number of para-hydroxylation sites is 1. The van der Waals surface area contributed by atoms with Gasteiger partial charge in [-0.1, -0.05) is 12.1 Å². The van der Waals surface area contributed by atoms with Crippen LogP contribution in [0, 0.1) is 0 Å². The summed E-state index contributed by atoms with van der Waals surface area (Å²) in [7, 11) is 0. The lowest BCUT2D eigenvalue weighted by Gasteiger charge is -2.08. The lowest BCUT2D eigenvalue weighted by molar-refractivity contribution is 0.899. The maximum atomic E-state index is 11.9. The highest BCUT2D eigenvalue weighted by Gasteiger charge is 2.17. The molecule has 0 fully saturated rings. The highest BCUT2D eigenvalue weighted by molar-refractivity contribution is 9.10. The van der Waals surface area contributed by atoms with Crippen LogP contribution in [-0.4, -0.2) is 9.97 Å². The molecule has 1 aromatic heterocycles. The smallest absolute Gasteiger partial charge is 0.255 e. The summed E-state index contributed by atoms with van der Waals surface area (Å²) >= 11 is 3.45. The number of hydrogen-bond acceptors (Lipinski definition) is 3. The first-order chi connectivity index (χ1) is 8.74. The Morgan fingerprint density at radius 2 is 2.11 bits per heavy atom. The fourth-order valence-corrected chi connectivity index (χ4v) is 2.57. The SMILES string of the molecule is O=c1[nH]c(Nc2ccccc2Br)nc2c1CCC2. The van der Waals surface area contributed by atoms with Gasteiger partial charge in [0.25, 0.3) is 5.56 Å². The van der Waals surface area contributed by atoms with Crippen LogP contribution in [0.2, 0.25) is 0 Å². The Hall–Kier alpha value is -1.62. The molecule has 5 heteroatoms. The average Bonchev–Trinajstić information content (AvgIpc) is 2.81. The zero-order valence-corrected chi connectivity index (χ0v) is 11.3. The minimum Gasteiger partial charge on any atom is -0.325 e. The maximum absolute atomic E-state index is 11.9. The summed E-state index contributed by atoms with van der Waals surface area (Å²) in [5.41, 5.74) is 2.63. The number of nitrogens with one attached hydrogen (secondary N) is 2. The highest BCUT2D eigenvalue weighted by Crippen LogP contribution is 2.24. The molecule has 0 saturated heterocycles. The minimum atomic E-state index is -0.0212. The second-order valence-electron chi connectivity index (χ2n) is 4.30. The van der Waals surface area contributed by atoms with Crippen molar-refractivity contribution in [2.45, 2.75) is 19.3 Å². The third kappa shape index (κ3) is 2.06. The van der Waals surface area contributed by atoms with Crippen LogP contribution in [0.4, 0.5) is 11.6 Å². The summed E-state index contributed by atoms with van der Waals surface area (Å²) in [6.45, 7) is 0. The first kappa shape index (κ1) is 11.5. The van der Waals surface area contributed by atoms with Crippen LogP contribution in [0.15, 0.2) is 33.5 Å². The van der Waals surface area contributed by atoms with E-state index in [0.29, 0.717) is 5.95 Å². The Kier molecular flexibility index (Phi) is 2.91. The number of H-pyrrole nitrogens is 1. The van der Waals surface area contributed by atoms with Gasteiger partial charge in [0.15, 0.2) is 0 Å². The summed E-state index contributed by atoms with van der Waals surface area (Å²) in [6.07, 6.45) is 2.75. The van der Waals surface area contributed by atoms with Crippen LogP contribution in [0.5, 0.6) is 0 Å². The number of halogens is 1. The number of aromatic nitrogens is 2. The van der Waals surface area contributed by atoms with Crippen molar-refractivity contribution >= 4 is 27.6 Å². The summed E-state index contributed by atoms with van der Waals surface area (Å²) in [4.78, 5) is 19.1. The van der Waals surface area contributed by atoms with Crippen LogP contribution in [-0.2, 0) is 12.8 Å². The Balaban J connectivity index is 1.97. The van der Waals surface area contributed by atoms with Crippen molar-refractivity contribution in [1.29, 1.82) is 0 Å². The Morgan fingerprint density at radius 1 is 1.28 bits per heavy atom. The van der Waals surface area contributed by atoms with E-state index in [4.69, 9.17) is 0 Å². The molecule has 0 aliphatic heterocycles. The molecule has 92 valence electrons. The van der Waals surface area contributed by atoms with Crippen LogP contribution in [0.1, 0.15) is 17.7 Å². The lowest BCUT2D eigenvalue weighted by Crippen LogP contribution is -2.16. The van der Waals surface area contributed by atoms with Crippen molar-refractivity contribution in [2.75, 3.05) is 5.32 Å². The Morgan fingerprint density at radius 3 is 2.94 bits per heavy atom. The molecule has 0 radical (unpaired) electrons. The minimum absolute atomic E-state index is 0.0212. The van der Waals surface area contributed by atoms with E-state index >= 15 is 0 Å². The van der Waals surface area contributed by atoms with Crippen LogP contribution in [0.3, 0.4) is 0 Å². The largest absolute Gasteiger partial charge is 0.325 e. The monoisotopic (exact) mass is 305 g/mol. The van der Waals surface area contributed by atoms with Gasteiger partial charge in [-0.25, -0.2) is 4.98 Å². The fraction of sp³-hybridized carbons (Fsp3) is 0.231. The normalized spacial score (nSPS) is 13.4. The van der Waals surface area contributed by atoms with Gasteiger partial charge < -0.3 is 5.32 Å². The zero-order chi connectivity index (χ0) is 12.5. The molecular formula is C13H12BrN3O. The predicted octanol–water partition coefficient (Wildman–Crippen LogP) is 2.76. The van der Waals surface area contributed by atoms with Gasteiger partial charge in [0.2, 0.25) is 5.95 Å². The molecule has 4 nitrogen and oxygen atoms in total. The van der Waals surface area contributed by atoms with Gasteiger partial charge in [0.05, 0.1) is 11.4 Å². The molecule has 0 bridgehead atoms. The van der Waals surface area contributed by atoms with Crippen molar-refractivity contribution in [3.63, 3.8) is 0 Å². The van der Waals surface area contributed by atoms with E-state index in [1.54, 1.807) is 0 Å². The van der Waals surface area contributed by atoms with Gasteiger partial charge in [-0.2, -0.15) is 0 Å². The van der Waals surface area contributed by atoms with E-state index in [9.17, 15) is 4.79 Å². The van der Waals surface area contributed by atoms with Gasteiger partial charge in [0.1, 0.15) is 0 Å². The number of aromatic amines is 1. The summed E-state index contributed by atoms with van der Waals surface area (Å²) in [6, 6.07) is 7.73. The first-order valence-electron chi connectivity index (χ1n) is 5.87. The molecule has 0 atom stereocenters. The molecule has 18 heavy (non-hydrogen) atoms. The van der Waals surface area contributed by atoms with Crippen molar-refractivity contribution < 1.29 is 0 Å². The molecule has 0 amide bonds. The maximum Gasteiger partial charge on any atom is 0.255 e. The summed E-state index contributed by atoms with van der Waals surface area (Å²) < 4.78 is 0.938. The van der Waals surface area contributed by atoms with Crippen LogP contribution in [0.25, 0.3) is 0 Å². The van der Waals surface area contributed by atoms with Crippen molar-refractivity contribution in [3.05, 3.63) is 50.3 Å². The van der Waals surface area contributed by atoms with E-state index < -0.39 is 0 Å². The molecule has 1 aliphatic rings. The quantitative estimate of drug-likeness (QED) is 0.897. The molecule has 1 aliphatic carbocycles. The molecule has 2 N–H and O–H groups in total. The van der Waals surface area contributed by atoms with Gasteiger partial charge in [0, 0.05) is 10.0 Å². The molecule has 0 spiro atoms. The van der Waals surface area contributed by atoms with Gasteiger partial charge in [-0.05, 0) is 47.3 Å².